The molecule has 0 atom stereocenters. The molecule has 1 saturated carbocycles. The molecule has 22 heavy (non-hydrogen) atoms. The molecular formula is C17H16FN3O. The molecule has 0 saturated heterocycles. The zero-order valence-corrected chi connectivity index (χ0v) is 12.3. The normalized spacial score (nSPS) is 15.0. The first-order valence-corrected chi connectivity index (χ1v) is 7.45. The summed E-state index contributed by atoms with van der Waals surface area (Å²) in [4.78, 5) is 2.98. The van der Waals surface area contributed by atoms with Crippen molar-refractivity contribution in [2.45, 2.75) is 25.2 Å². The number of aromatic nitrogens is 3. The van der Waals surface area contributed by atoms with E-state index in [1.807, 2.05) is 18.2 Å². The smallest absolute Gasteiger partial charge is 0.174 e. The van der Waals surface area contributed by atoms with Crippen LogP contribution in [0.2, 0.25) is 0 Å². The molecule has 1 aromatic carbocycles. The number of hydrogen-bond acceptors (Lipinski definition) is 3. The summed E-state index contributed by atoms with van der Waals surface area (Å²) in [6, 6.07) is 7.48. The Hall–Kier alpha value is -2.43. The molecule has 4 nitrogen and oxygen atoms in total. The topological polar surface area (TPSA) is 50.8 Å². The molecule has 112 valence electrons. The van der Waals surface area contributed by atoms with Crippen molar-refractivity contribution in [3.05, 3.63) is 41.8 Å². The third-order valence-corrected chi connectivity index (χ3v) is 4.46. The molecule has 0 spiro atoms. The highest BCUT2D eigenvalue weighted by Gasteiger charge is 2.26. The van der Waals surface area contributed by atoms with Crippen LogP contribution in [-0.4, -0.2) is 22.3 Å². The van der Waals surface area contributed by atoms with Gasteiger partial charge in [-0.05, 0) is 37.0 Å². The maximum atomic E-state index is 14.9. The van der Waals surface area contributed by atoms with Crippen molar-refractivity contribution in [3.63, 3.8) is 0 Å². The monoisotopic (exact) mass is 297 g/mol. The van der Waals surface area contributed by atoms with Gasteiger partial charge in [-0.15, -0.1) is 10.2 Å². The van der Waals surface area contributed by atoms with Crippen LogP contribution >= 0.6 is 0 Å². The zero-order chi connectivity index (χ0) is 15.1. The molecule has 0 bridgehead atoms. The molecule has 0 radical (unpaired) electrons. The molecule has 2 aromatic heterocycles. The van der Waals surface area contributed by atoms with Crippen LogP contribution in [0.25, 0.3) is 22.3 Å². The minimum absolute atomic E-state index is 0.346. The summed E-state index contributed by atoms with van der Waals surface area (Å²) in [6.07, 6.45) is 5.20. The molecule has 0 aliphatic heterocycles. The lowest BCUT2D eigenvalue weighted by atomic mass is 9.79. The van der Waals surface area contributed by atoms with Gasteiger partial charge in [-0.2, -0.15) is 0 Å². The molecule has 4 rings (SSSR count). The van der Waals surface area contributed by atoms with Gasteiger partial charge in [0.1, 0.15) is 0 Å². The van der Waals surface area contributed by atoms with E-state index in [9.17, 15) is 4.39 Å². The first-order valence-electron chi connectivity index (χ1n) is 7.45. The molecule has 1 aliphatic carbocycles. The van der Waals surface area contributed by atoms with Crippen LogP contribution in [0.15, 0.2) is 30.5 Å². The number of benzene rings is 1. The second-order valence-corrected chi connectivity index (χ2v) is 5.69. The fourth-order valence-corrected chi connectivity index (χ4v) is 3.00. The highest BCUT2D eigenvalue weighted by atomic mass is 19.1. The van der Waals surface area contributed by atoms with Gasteiger partial charge in [-0.25, -0.2) is 4.39 Å². The third-order valence-electron chi connectivity index (χ3n) is 4.46. The Bertz CT molecular complexity index is 839. The van der Waals surface area contributed by atoms with E-state index in [1.165, 1.54) is 13.5 Å². The van der Waals surface area contributed by atoms with E-state index < -0.39 is 0 Å². The van der Waals surface area contributed by atoms with E-state index in [-0.39, 0.29) is 5.82 Å². The predicted octanol–water partition coefficient (Wildman–Crippen LogP) is 4.04. The third kappa shape index (κ3) is 1.96. The van der Waals surface area contributed by atoms with E-state index in [1.54, 1.807) is 12.3 Å². The zero-order valence-electron chi connectivity index (χ0n) is 12.3. The number of fused-ring (bicyclic) bond motifs is 1. The van der Waals surface area contributed by atoms with Gasteiger partial charge in [0.05, 0.1) is 12.8 Å². The predicted molar refractivity (Wildman–Crippen MR) is 82.4 cm³/mol. The summed E-state index contributed by atoms with van der Waals surface area (Å²) in [5, 5.41) is 9.11. The minimum Gasteiger partial charge on any atom is -0.493 e. The van der Waals surface area contributed by atoms with Gasteiger partial charge >= 0.3 is 0 Å². The summed E-state index contributed by atoms with van der Waals surface area (Å²) in [6.45, 7) is 0. The molecule has 1 N–H and O–H groups in total. The second kappa shape index (κ2) is 5.09. The summed E-state index contributed by atoms with van der Waals surface area (Å²) in [7, 11) is 1.52. The maximum Gasteiger partial charge on any atom is 0.174 e. The molecule has 5 heteroatoms. The number of methoxy groups -OCH3 is 1. The fourth-order valence-electron chi connectivity index (χ4n) is 3.00. The SMILES string of the molecule is COc1c(C2CCC2)ccc(-c2cc3cc[nH]c3nn2)c1F. The van der Waals surface area contributed by atoms with Crippen LogP contribution in [0.1, 0.15) is 30.7 Å². The van der Waals surface area contributed by atoms with Crippen LogP contribution in [0.5, 0.6) is 5.75 Å². The first-order chi connectivity index (χ1) is 10.8. The van der Waals surface area contributed by atoms with E-state index in [0.29, 0.717) is 28.6 Å². The Balaban J connectivity index is 1.83. The molecular weight excluding hydrogens is 281 g/mol. The van der Waals surface area contributed by atoms with Gasteiger partial charge < -0.3 is 9.72 Å². The largest absolute Gasteiger partial charge is 0.493 e. The van der Waals surface area contributed by atoms with Crippen molar-refractivity contribution in [1.29, 1.82) is 0 Å². The maximum absolute atomic E-state index is 14.9. The van der Waals surface area contributed by atoms with Gasteiger partial charge in [0.2, 0.25) is 0 Å². The fraction of sp³-hybridized carbons (Fsp3) is 0.294. The molecule has 0 unspecified atom stereocenters. The van der Waals surface area contributed by atoms with Crippen LogP contribution in [-0.2, 0) is 0 Å². The van der Waals surface area contributed by atoms with Crippen molar-refractivity contribution >= 4 is 11.0 Å². The quantitative estimate of drug-likeness (QED) is 0.793. The summed E-state index contributed by atoms with van der Waals surface area (Å²) in [5.74, 6) is 0.408. The van der Waals surface area contributed by atoms with E-state index >= 15 is 0 Å². The number of H-pyrrole nitrogens is 1. The van der Waals surface area contributed by atoms with Gasteiger partial charge in [0, 0.05) is 22.7 Å². The number of rotatable bonds is 3. The minimum atomic E-state index is -0.351. The molecule has 0 amide bonds. The second-order valence-electron chi connectivity index (χ2n) is 5.69. The van der Waals surface area contributed by atoms with Crippen molar-refractivity contribution in [2.75, 3.05) is 7.11 Å². The Morgan fingerprint density at radius 3 is 2.82 bits per heavy atom. The van der Waals surface area contributed by atoms with Crippen LogP contribution in [0, 0.1) is 5.82 Å². The van der Waals surface area contributed by atoms with Crippen molar-refractivity contribution in [1.82, 2.24) is 15.2 Å². The summed E-state index contributed by atoms with van der Waals surface area (Å²) >= 11 is 0. The average molecular weight is 297 g/mol. The van der Waals surface area contributed by atoms with Crippen LogP contribution in [0.3, 0.4) is 0 Å². The van der Waals surface area contributed by atoms with Gasteiger partial charge in [0.15, 0.2) is 17.2 Å². The van der Waals surface area contributed by atoms with E-state index in [0.717, 1.165) is 23.8 Å². The van der Waals surface area contributed by atoms with Crippen LogP contribution in [0.4, 0.5) is 4.39 Å². The van der Waals surface area contributed by atoms with E-state index in [2.05, 4.69) is 15.2 Å². The van der Waals surface area contributed by atoms with E-state index in [4.69, 9.17) is 4.74 Å². The molecule has 1 aliphatic rings. The van der Waals surface area contributed by atoms with Gasteiger partial charge in [-0.1, -0.05) is 12.5 Å². The lowest BCUT2D eigenvalue weighted by Crippen LogP contribution is -2.11. The summed E-state index contributed by atoms with van der Waals surface area (Å²) < 4.78 is 20.2. The molecule has 3 aromatic rings. The Labute approximate surface area is 127 Å². The Morgan fingerprint density at radius 1 is 1.23 bits per heavy atom. The van der Waals surface area contributed by atoms with Crippen molar-refractivity contribution in [3.8, 4) is 17.0 Å². The number of nitrogens with one attached hydrogen (secondary N) is 1. The molecule has 1 fully saturated rings. The number of ether oxygens (including phenoxy) is 1. The summed E-state index contributed by atoms with van der Waals surface area (Å²) in [5.41, 5.74) is 2.60. The van der Waals surface area contributed by atoms with Crippen LogP contribution < -0.4 is 4.74 Å². The van der Waals surface area contributed by atoms with Gasteiger partial charge in [-0.3, -0.25) is 0 Å². The highest BCUT2D eigenvalue weighted by Crippen LogP contribution is 2.43. The number of aromatic amines is 1. The lowest BCUT2D eigenvalue weighted by molar-refractivity contribution is 0.355. The van der Waals surface area contributed by atoms with Gasteiger partial charge in [0.25, 0.3) is 0 Å². The Kier molecular flexibility index (Phi) is 3.06. The highest BCUT2D eigenvalue weighted by molar-refractivity contribution is 5.79. The Morgan fingerprint density at radius 2 is 2.09 bits per heavy atom. The standard InChI is InChI=1S/C17H16FN3O/c1-22-16-12(10-3-2-4-10)5-6-13(15(16)18)14-9-11-7-8-19-17(11)21-20-14/h5-10H,2-4H2,1H3,(H,19,21). The number of halogens is 1. The lowest BCUT2D eigenvalue weighted by Gasteiger charge is -2.27. The molecule has 2 heterocycles. The first kappa shape index (κ1) is 13.2. The van der Waals surface area contributed by atoms with Crippen molar-refractivity contribution < 1.29 is 9.13 Å². The van der Waals surface area contributed by atoms with Crippen molar-refractivity contribution in [2.24, 2.45) is 0 Å². The average Bonchev–Trinajstić information content (AvgIpc) is 2.93. The number of nitrogens with zero attached hydrogens (tertiary/aromatic N) is 2. The number of hydrogen-bond donors (Lipinski definition) is 1.